The summed E-state index contributed by atoms with van der Waals surface area (Å²) in [6.07, 6.45) is 3.31. The fraction of sp³-hybridized carbons (Fsp3) is 0. The first-order valence-corrected chi connectivity index (χ1v) is 6.82. The molecule has 0 radical (unpaired) electrons. The maximum absolute atomic E-state index is 12.6. The van der Waals surface area contributed by atoms with Crippen molar-refractivity contribution in [3.8, 4) is 0 Å². The van der Waals surface area contributed by atoms with Crippen LogP contribution in [-0.2, 0) is 4.79 Å². The summed E-state index contributed by atoms with van der Waals surface area (Å²) in [6.45, 7) is 0. The molecule has 108 valence electrons. The van der Waals surface area contributed by atoms with Crippen LogP contribution in [0.2, 0.25) is 0 Å². The minimum Gasteiger partial charge on any atom is -0.304 e. The molecule has 2 N–H and O–H groups in total. The number of amides is 1. The summed E-state index contributed by atoms with van der Waals surface area (Å²) >= 11 is 0. The minimum absolute atomic E-state index is 0.232. The lowest BCUT2D eigenvalue weighted by Gasteiger charge is -2.08. The quantitative estimate of drug-likeness (QED) is 0.573. The van der Waals surface area contributed by atoms with E-state index in [1.54, 1.807) is 0 Å². The minimum atomic E-state index is -0.232. The highest BCUT2D eigenvalue weighted by atomic mass is 16.1. The van der Waals surface area contributed by atoms with Gasteiger partial charge in [0.15, 0.2) is 5.82 Å². The van der Waals surface area contributed by atoms with E-state index in [0.29, 0.717) is 11.4 Å². The number of aromatic nitrogens is 3. The Kier molecular flexibility index (Phi) is 4.06. The molecule has 2 aromatic carbocycles. The predicted octanol–water partition coefficient (Wildman–Crippen LogP) is 2.98. The molecule has 0 bridgehead atoms. The number of benzene rings is 2. The summed E-state index contributed by atoms with van der Waals surface area (Å²) in [5.41, 5.74) is 2.36. The van der Waals surface area contributed by atoms with Crippen molar-refractivity contribution in [3.05, 3.63) is 78.0 Å². The molecule has 0 saturated carbocycles. The van der Waals surface area contributed by atoms with Gasteiger partial charge in [-0.3, -0.25) is 4.79 Å². The third kappa shape index (κ3) is 3.27. The van der Waals surface area contributed by atoms with Crippen molar-refractivity contribution in [3.63, 3.8) is 0 Å². The summed E-state index contributed by atoms with van der Waals surface area (Å²) in [5, 5.41) is 12.7. The molecule has 1 amide bonds. The van der Waals surface area contributed by atoms with Crippen LogP contribution in [0.25, 0.3) is 11.6 Å². The highest BCUT2D eigenvalue weighted by molar-refractivity contribution is 6.28. The molecule has 0 spiro atoms. The van der Waals surface area contributed by atoms with Gasteiger partial charge < -0.3 is 5.32 Å². The first kappa shape index (κ1) is 13.8. The van der Waals surface area contributed by atoms with E-state index in [1.807, 2.05) is 66.7 Å². The third-order valence-electron chi connectivity index (χ3n) is 3.10. The van der Waals surface area contributed by atoms with Crippen LogP contribution in [0.5, 0.6) is 0 Å². The van der Waals surface area contributed by atoms with Crippen molar-refractivity contribution >= 4 is 23.4 Å². The Balaban J connectivity index is 1.96. The molecule has 0 fully saturated rings. The van der Waals surface area contributed by atoms with Gasteiger partial charge in [0.25, 0.3) is 5.91 Å². The number of nitrogens with zero attached hydrogens (tertiary/aromatic N) is 2. The third-order valence-corrected chi connectivity index (χ3v) is 3.10. The Morgan fingerprint density at radius 3 is 2.32 bits per heavy atom. The van der Waals surface area contributed by atoms with Crippen LogP contribution in [0.1, 0.15) is 11.1 Å². The first-order valence-electron chi connectivity index (χ1n) is 6.82. The van der Waals surface area contributed by atoms with Crippen LogP contribution in [0.4, 0.5) is 5.82 Å². The summed E-state index contributed by atoms with van der Waals surface area (Å²) in [7, 11) is 0. The fourth-order valence-corrected chi connectivity index (χ4v) is 2.06. The first-order chi connectivity index (χ1) is 10.8. The van der Waals surface area contributed by atoms with E-state index in [4.69, 9.17) is 0 Å². The van der Waals surface area contributed by atoms with E-state index >= 15 is 0 Å². The van der Waals surface area contributed by atoms with Gasteiger partial charge in [-0.2, -0.15) is 10.3 Å². The van der Waals surface area contributed by atoms with E-state index in [-0.39, 0.29) is 5.91 Å². The Bertz CT molecular complexity index is 765. The zero-order chi connectivity index (χ0) is 15.2. The Morgan fingerprint density at radius 2 is 1.68 bits per heavy atom. The summed E-state index contributed by atoms with van der Waals surface area (Å²) < 4.78 is 0. The van der Waals surface area contributed by atoms with Crippen molar-refractivity contribution in [2.45, 2.75) is 0 Å². The molecular formula is C17H14N4O. The molecule has 3 rings (SSSR count). The monoisotopic (exact) mass is 290 g/mol. The van der Waals surface area contributed by atoms with Gasteiger partial charge in [0.1, 0.15) is 0 Å². The smallest absolute Gasteiger partial charge is 0.257 e. The molecule has 1 heterocycles. The van der Waals surface area contributed by atoms with Crippen molar-refractivity contribution in [1.29, 1.82) is 0 Å². The second-order valence-electron chi connectivity index (χ2n) is 4.64. The number of carbonyl (C=O) groups excluding carboxylic acids is 1. The molecule has 0 atom stereocenters. The molecule has 0 aliphatic heterocycles. The summed E-state index contributed by atoms with van der Waals surface area (Å²) in [6, 6.07) is 19.2. The van der Waals surface area contributed by atoms with Gasteiger partial charge in [-0.15, -0.1) is 5.10 Å². The highest BCUT2D eigenvalue weighted by Gasteiger charge is 2.13. The van der Waals surface area contributed by atoms with Crippen molar-refractivity contribution in [1.82, 2.24) is 15.4 Å². The average molecular weight is 290 g/mol. The Labute approximate surface area is 127 Å². The highest BCUT2D eigenvalue weighted by Crippen LogP contribution is 2.19. The van der Waals surface area contributed by atoms with Gasteiger partial charge in [-0.1, -0.05) is 60.7 Å². The normalized spacial score (nSPS) is 11.2. The Morgan fingerprint density at radius 1 is 1.00 bits per heavy atom. The maximum Gasteiger partial charge on any atom is 0.257 e. The number of rotatable bonds is 4. The van der Waals surface area contributed by atoms with Crippen LogP contribution in [-0.4, -0.2) is 21.3 Å². The molecule has 3 aromatic rings. The molecule has 1 aromatic heterocycles. The van der Waals surface area contributed by atoms with Gasteiger partial charge in [0.05, 0.1) is 6.20 Å². The SMILES string of the molecule is O=C(Nc1cn[nH]n1)C(=Cc1ccccc1)c1ccccc1. The van der Waals surface area contributed by atoms with Crippen molar-refractivity contribution in [2.75, 3.05) is 5.32 Å². The standard InChI is InChI=1S/C17H14N4O/c22-17(19-16-12-18-21-20-16)15(14-9-5-2-6-10-14)11-13-7-3-1-4-8-13/h1-12H,(H2,18,19,20,21,22). The largest absolute Gasteiger partial charge is 0.304 e. The second-order valence-corrected chi connectivity index (χ2v) is 4.64. The summed E-state index contributed by atoms with van der Waals surface area (Å²) in [5.74, 6) is 0.156. The van der Waals surface area contributed by atoms with Crippen LogP contribution >= 0.6 is 0 Å². The van der Waals surface area contributed by atoms with Crippen LogP contribution < -0.4 is 5.32 Å². The average Bonchev–Trinajstić information content (AvgIpc) is 3.07. The number of anilines is 1. The van der Waals surface area contributed by atoms with Gasteiger partial charge in [0.2, 0.25) is 0 Å². The maximum atomic E-state index is 12.6. The number of hydrogen-bond donors (Lipinski definition) is 2. The van der Waals surface area contributed by atoms with Crippen molar-refractivity contribution < 1.29 is 4.79 Å². The van der Waals surface area contributed by atoms with E-state index in [2.05, 4.69) is 20.7 Å². The van der Waals surface area contributed by atoms with Gasteiger partial charge >= 0.3 is 0 Å². The number of nitrogens with one attached hydrogen (secondary N) is 2. The lowest BCUT2D eigenvalue weighted by molar-refractivity contribution is -0.111. The predicted molar refractivity (Wildman–Crippen MR) is 85.8 cm³/mol. The molecule has 5 heteroatoms. The lowest BCUT2D eigenvalue weighted by Crippen LogP contribution is -2.14. The van der Waals surface area contributed by atoms with E-state index < -0.39 is 0 Å². The Hall–Kier alpha value is -3.21. The van der Waals surface area contributed by atoms with E-state index in [0.717, 1.165) is 11.1 Å². The molecular weight excluding hydrogens is 276 g/mol. The number of H-pyrrole nitrogens is 1. The molecule has 0 aliphatic carbocycles. The number of carbonyl (C=O) groups is 1. The van der Waals surface area contributed by atoms with Gasteiger partial charge in [0, 0.05) is 5.57 Å². The molecule has 0 aliphatic rings. The molecule has 22 heavy (non-hydrogen) atoms. The van der Waals surface area contributed by atoms with Crippen molar-refractivity contribution in [2.24, 2.45) is 0 Å². The molecule has 0 saturated heterocycles. The second kappa shape index (κ2) is 6.49. The molecule has 5 nitrogen and oxygen atoms in total. The fourth-order valence-electron chi connectivity index (χ4n) is 2.06. The lowest BCUT2D eigenvalue weighted by atomic mass is 10.0. The van der Waals surface area contributed by atoms with E-state index in [9.17, 15) is 4.79 Å². The van der Waals surface area contributed by atoms with Crippen LogP contribution in [0, 0.1) is 0 Å². The topological polar surface area (TPSA) is 70.7 Å². The number of hydrogen-bond acceptors (Lipinski definition) is 3. The van der Waals surface area contributed by atoms with Gasteiger partial charge in [-0.05, 0) is 17.2 Å². The van der Waals surface area contributed by atoms with Gasteiger partial charge in [-0.25, -0.2) is 0 Å². The van der Waals surface area contributed by atoms with E-state index in [1.165, 1.54) is 6.20 Å². The zero-order valence-corrected chi connectivity index (χ0v) is 11.7. The summed E-state index contributed by atoms with van der Waals surface area (Å²) in [4.78, 5) is 12.6. The van der Waals surface area contributed by atoms with Crippen LogP contribution in [0.3, 0.4) is 0 Å². The number of aromatic amines is 1. The van der Waals surface area contributed by atoms with Crippen LogP contribution in [0.15, 0.2) is 66.9 Å². The molecule has 0 unspecified atom stereocenters. The zero-order valence-electron chi connectivity index (χ0n) is 11.7.